The van der Waals surface area contributed by atoms with Gasteiger partial charge in [-0.1, -0.05) is 17.3 Å². The minimum absolute atomic E-state index is 0.0979. The van der Waals surface area contributed by atoms with E-state index in [9.17, 15) is 4.79 Å². The van der Waals surface area contributed by atoms with E-state index >= 15 is 0 Å². The second-order valence-corrected chi connectivity index (χ2v) is 7.95. The summed E-state index contributed by atoms with van der Waals surface area (Å²) in [6.45, 7) is 4.26. The van der Waals surface area contributed by atoms with Crippen molar-refractivity contribution in [2.45, 2.75) is 31.6 Å². The fourth-order valence-corrected chi connectivity index (χ4v) is 3.77. The van der Waals surface area contributed by atoms with E-state index in [1.54, 1.807) is 7.11 Å². The first kappa shape index (κ1) is 20.8. The van der Waals surface area contributed by atoms with Gasteiger partial charge in [0.25, 0.3) is 0 Å². The number of carbonyl (C=O) groups excluding carboxylic acids is 1. The molecule has 2 fully saturated rings. The molecule has 0 unspecified atom stereocenters. The van der Waals surface area contributed by atoms with Gasteiger partial charge in [-0.25, -0.2) is 0 Å². The summed E-state index contributed by atoms with van der Waals surface area (Å²) >= 11 is 0. The van der Waals surface area contributed by atoms with Gasteiger partial charge in [-0.3, -0.25) is 4.79 Å². The molecular weight excluding hydrogens is 386 g/mol. The van der Waals surface area contributed by atoms with Crippen LogP contribution in [0.1, 0.15) is 36.0 Å². The van der Waals surface area contributed by atoms with Crippen molar-refractivity contribution in [2.75, 3.05) is 46.6 Å². The van der Waals surface area contributed by atoms with Crippen LogP contribution in [0.5, 0.6) is 5.75 Å². The highest BCUT2D eigenvalue weighted by molar-refractivity contribution is 5.79. The molecule has 0 bridgehead atoms. The van der Waals surface area contributed by atoms with Gasteiger partial charge in [0.05, 0.1) is 26.1 Å². The molecule has 8 nitrogen and oxygen atoms in total. The molecule has 2 aliphatic heterocycles. The van der Waals surface area contributed by atoms with Gasteiger partial charge in [0.15, 0.2) is 5.82 Å². The van der Waals surface area contributed by atoms with E-state index in [1.807, 2.05) is 29.2 Å². The lowest BCUT2D eigenvalue weighted by molar-refractivity contribution is -0.135. The monoisotopic (exact) mass is 415 g/mol. The number of carbonyl (C=O) groups is 1. The van der Waals surface area contributed by atoms with Crippen LogP contribution in [-0.4, -0.2) is 67.6 Å². The normalized spacial score (nSPS) is 17.7. The van der Waals surface area contributed by atoms with E-state index < -0.39 is 0 Å². The Morgan fingerprint density at radius 1 is 1.27 bits per heavy atom. The van der Waals surface area contributed by atoms with Crippen LogP contribution in [0.25, 0.3) is 0 Å². The zero-order chi connectivity index (χ0) is 20.8. The molecule has 0 saturated carbocycles. The van der Waals surface area contributed by atoms with Crippen LogP contribution < -0.4 is 4.74 Å². The van der Waals surface area contributed by atoms with Crippen LogP contribution in [0.15, 0.2) is 28.8 Å². The standard InChI is InChI=1S/C22H29N3O5/c1-27-19-4-2-3-17(11-19)12-21(26)25-13-18(14-25)22-23-20(24-30-22)7-10-29-15-16-5-8-28-9-6-16/h2-4,11,16,18H,5-10,12-15H2,1H3. The summed E-state index contributed by atoms with van der Waals surface area (Å²) in [5.74, 6) is 2.84. The maximum Gasteiger partial charge on any atom is 0.233 e. The smallest absolute Gasteiger partial charge is 0.233 e. The number of ether oxygens (including phenoxy) is 3. The summed E-state index contributed by atoms with van der Waals surface area (Å²) in [6, 6.07) is 7.60. The minimum Gasteiger partial charge on any atom is -0.497 e. The van der Waals surface area contributed by atoms with Crippen molar-refractivity contribution in [2.24, 2.45) is 5.92 Å². The third-order valence-corrected chi connectivity index (χ3v) is 5.72. The van der Waals surface area contributed by atoms with E-state index in [4.69, 9.17) is 18.7 Å². The van der Waals surface area contributed by atoms with Crippen LogP contribution in [0.2, 0.25) is 0 Å². The quantitative estimate of drug-likeness (QED) is 0.581. The third kappa shape index (κ3) is 5.37. The van der Waals surface area contributed by atoms with Gasteiger partial charge in [0, 0.05) is 39.3 Å². The number of likely N-dealkylation sites (tertiary alicyclic amines) is 1. The van der Waals surface area contributed by atoms with Crippen molar-refractivity contribution >= 4 is 5.91 Å². The van der Waals surface area contributed by atoms with Gasteiger partial charge in [-0.05, 0) is 36.5 Å². The van der Waals surface area contributed by atoms with Crippen LogP contribution >= 0.6 is 0 Å². The van der Waals surface area contributed by atoms with E-state index in [-0.39, 0.29) is 11.8 Å². The van der Waals surface area contributed by atoms with E-state index in [0.717, 1.165) is 44.0 Å². The maximum absolute atomic E-state index is 12.5. The van der Waals surface area contributed by atoms with E-state index in [2.05, 4.69) is 10.1 Å². The first-order chi connectivity index (χ1) is 14.7. The van der Waals surface area contributed by atoms with Crippen molar-refractivity contribution < 1.29 is 23.5 Å². The zero-order valence-electron chi connectivity index (χ0n) is 17.4. The summed E-state index contributed by atoms with van der Waals surface area (Å²) in [7, 11) is 1.62. The Balaban J connectivity index is 1.17. The molecule has 2 aromatic rings. The van der Waals surface area contributed by atoms with E-state index in [0.29, 0.717) is 50.2 Å². The second kappa shape index (κ2) is 10.0. The Morgan fingerprint density at radius 2 is 2.10 bits per heavy atom. The van der Waals surface area contributed by atoms with Crippen molar-refractivity contribution in [3.05, 3.63) is 41.5 Å². The molecule has 0 spiro atoms. The molecule has 30 heavy (non-hydrogen) atoms. The summed E-state index contributed by atoms with van der Waals surface area (Å²) in [5.41, 5.74) is 0.948. The Labute approximate surface area is 176 Å². The molecule has 1 aromatic carbocycles. The number of aromatic nitrogens is 2. The summed E-state index contributed by atoms with van der Waals surface area (Å²) in [6.07, 6.45) is 3.14. The van der Waals surface area contributed by atoms with Crippen molar-refractivity contribution in [3.63, 3.8) is 0 Å². The number of nitrogens with zero attached hydrogens (tertiary/aromatic N) is 3. The zero-order valence-corrected chi connectivity index (χ0v) is 17.4. The molecule has 2 saturated heterocycles. The Kier molecular flexibility index (Phi) is 6.96. The third-order valence-electron chi connectivity index (χ3n) is 5.72. The number of methoxy groups -OCH3 is 1. The first-order valence-electron chi connectivity index (χ1n) is 10.6. The Hall–Kier alpha value is -2.45. The molecule has 1 amide bonds. The summed E-state index contributed by atoms with van der Waals surface area (Å²) in [5, 5.41) is 4.06. The minimum atomic E-state index is 0.0979. The van der Waals surface area contributed by atoms with Gasteiger partial charge in [-0.2, -0.15) is 4.98 Å². The number of amides is 1. The van der Waals surface area contributed by atoms with Gasteiger partial charge in [0.2, 0.25) is 11.8 Å². The van der Waals surface area contributed by atoms with Gasteiger partial charge < -0.3 is 23.6 Å². The van der Waals surface area contributed by atoms with Crippen LogP contribution in [0.3, 0.4) is 0 Å². The molecular formula is C22H29N3O5. The number of hydrogen-bond donors (Lipinski definition) is 0. The largest absolute Gasteiger partial charge is 0.497 e. The average Bonchev–Trinajstić information content (AvgIpc) is 3.19. The second-order valence-electron chi connectivity index (χ2n) is 7.95. The van der Waals surface area contributed by atoms with Crippen molar-refractivity contribution in [1.29, 1.82) is 0 Å². The molecule has 0 atom stereocenters. The molecule has 8 heteroatoms. The highest BCUT2D eigenvalue weighted by atomic mass is 16.5. The molecule has 1 aromatic heterocycles. The van der Waals surface area contributed by atoms with Crippen LogP contribution in [0.4, 0.5) is 0 Å². The number of benzene rings is 1. The molecule has 0 N–H and O–H groups in total. The lowest BCUT2D eigenvalue weighted by Crippen LogP contribution is -2.49. The fraction of sp³-hybridized carbons (Fsp3) is 0.591. The van der Waals surface area contributed by atoms with Gasteiger partial charge >= 0.3 is 0 Å². The van der Waals surface area contributed by atoms with Gasteiger partial charge in [-0.15, -0.1) is 0 Å². The number of rotatable bonds is 9. The first-order valence-corrected chi connectivity index (χ1v) is 10.6. The van der Waals surface area contributed by atoms with Crippen molar-refractivity contribution in [3.8, 4) is 5.75 Å². The molecule has 0 aliphatic carbocycles. The SMILES string of the molecule is COc1cccc(CC(=O)N2CC(c3nc(CCOCC4CCOCC4)no3)C2)c1. The lowest BCUT2D eigenvalue weighted by Gasteiger charge is -2.37. The summed E-state index contributed by atoms with van der Waals surface area (Å²) in [4.78, 5) is 18.8. The lowest BCUT2D eigenvalue weighted by atomic mass is 9.98. The van der Waals surface area contributed by atoms with Crippen LogP contribution in [-0.2, 0) is 27.1 Å². The maximum atomic E-state index is 12.5. The Morgan fingerprint density at radius 3 is 2.90 bits per heavy atom. The average molecular weight is 415 g/mol. The Bertz CT molecular complexity index is 828. The van der Waals surface area contributed by atoms with Gasteiger partial charge in [0.1, 0.15) is 5.75 Å². The topological polar surface area (TPSA) is 86.9 Å². The summed E-state index contributed by atoms with van der Waals surface area (Å²) < 4.78 is 21.7. The van der Waals surface area contributed by atoms with Crippen LogP contribution in [0, 0.1) is 5.92 Å². The highest BCUT2D eigenvalue weighted by Crippen LogP contribution is 2.26. The molecule has 0 radical (unpaired) electrons. The van der Waals surface area contributed by atoms with E-state index in [1.165, 1.54) is 0 Å². The molecule has 3 heterocycles. The fourth-order valence-electron chi connectivity index (χ4n) is 3.77. The highest BCUT2D eigenvalue weighted by Gasteiger charge is 2.35. The predicted molar refractivity (Wildman–Crippen MR) is 108 cm³/mol. The predicted octanol–water partition coefficient (Wildman–Crippen LogP) is 2.23. The molecule has 4 rings (SSSR count). The molecule has 162 valence electrons. The molecule has 2 aliphatic rings. The number of hydrogen-bond acceptors (Lipinski definition) is 7. The van der Waals surface area contributed by atoms with Crippen molar-refractivity contribution in [1.82, 2.24) is 15.0 Å².